The number of benzene rings is 3. The number of nitrogens with one attached hydrogen (secondary N) is 1. The van der Waals surface area contributed by atoms with Gasteiger partial charge in [-0.1, -0.05) is 0 Å². The van der Waals surface area contributed by atoms with Crippen LogP contribution in [0.15, 0.2) is 62.5 Å². The van der Waals surface area contributed by atoms with Gasteiger partial charge in [0, 0.05) is 23.7 Å². The van der Waals surface area contributed by atoms with E-state index in [0.29, 0.717) is 0 Å². The van der Waals surface area contributed by atoms with E-state index < -0.39 is 53.1 Å². The number of phenols is 1. The summed E-state index contributed by atoms with van der Waals surface area (Å²) in [7, 11) is -9.73. The summed E-state index contributed by atoms with van der Waals surface area (Å²) in [6.07, 6.45) is 0. The Morgan fingerprint density at radius 2 is 1.59 bits per heavy atom. The lowest BCUT2D eigenvalue weighted by atomic mass is 10.1. The van der Waals surface area contributed by atoms with Crippen LogP contribution in [-0.4, -0.2) is 37.0 Å². The third-order valence-electron chi connectivity index (χ3n) is 4.17. The van der Waals surface area contributed by atoms with Gasteiger partial charge >= 0.3 is 0 Å². The Labute approximate surface area is 181 Å². The molecule has 0 radical (unpaired) electrons. The predicted octanol–water partition coefficient (Wildman–Crippen LogP) is 2.99. The first-order chi connectivity index (χ1) is 14.8. The van der Waals surface area contributed by atoms with Crippen LogP contribution in [0.5, 0.6) is 5.75 Å². The van der Waals surface area contributed by atoms with Gasteiger partial charge in [-0.3, -0.25) is 13.9 Å². The second kappa shape index (κ2) is 8.16. The summed E-state index contributed by atoms with van der Waals surface area (Å²) < 4.78 is 66.3. The maximum Gasteiger partial charge on any atom is 0.296 e. The van der Waals surface area contributed by atoms with Crippen LogP contribution < -0.4 is 11.1 Å². The van der Waals surface area contributed by atoms with Crippen molar-refractivity contribution in [2.75, 3.05) is 11.1 Å². The molecule has 0 aromatic heterocycles. The van der Waals surface area contributed by atoms with E-state index in [1.54, 1.807) is 0 Å². The number of carbonyl (C=O) groups excluding carboxylic acids is 1. The van der Waals surface area contributed by atoms with Crippen LogP contribution in [0, 0.1) is 0 Å². The van der Waals surface area contributed by atoms with Gasteiger partial charge in [-0.25, -0.2) is 0 Å². The molecule has 3 rings (SSSR count). The van der Waals surface area contributed by atoms with E-state index in [4.69, 9.17) is 5.73 Å². The number of hydrogen-bond donors (Lipinski definition) is 5. The minimum absolute atomic E-state index is 0.0360. The molecule has 0 atom stereocenters. The van der Waals surface area contributed by atoms with Crippen LogP contribution in [-0.2, 0) is 25.0 Å². The Morgan fingerprint density at radius 3 is 2.19 bits per heavy atom. The highest BCUT2D eigenvalue weighted by Crippen LogP contribution is 2.42. The van der Waals surface area contributed by atoms with Crippen molar-refractivity contribution in [1.82, 2.24) is 0 Å². The van der Waals surface area contributed by atoms with Crippen molar-refractivity contribution in [3.8, 4) is 5.75 Å². The van der Waals surface area contributed by atoms with Gasteiger partial charge in [0.05, 0.1) is 0 Å². The quantitative estimate of drug-likeness (QED) is 0.206. The molecular formula is C18H16N4O8S2. The van der Waals surface area contributed by atoms with Gasteiger partial charge in [-0.15, -0.1) is 10.2 Å². The van der Waals surface area contributed by atoms with Gasteiger partial charge in [0.2, 0.25) is 5.91 Å². The molecule has 14 heteroatoms. The smallest absolute Gasteiger partial charge is 0.296 e. The minimum atomic E-state index is -4.89. The molecule has 12 nitrogen and oxygen atoms in total. The molecule has 0 saturated heterocycles. The zero-order valence-electron chi connectivity index (χ0n) is 16.2. The molecule has 0 heterocycles. The van der Waals surface area contributed by atoms with E-state index in [1.165, 1.54) is 31.2 Å². The summed E-state index contributed by atoms with van der Waals surface area (Å²) in [6, 6.07) is 8.46. The van der Waals surface area contributed by atoms with Crippen LogP contribution in [0.3, 0.4) is 0 Å². The summed E-state index contributed by atoms with van der Waals surface area (Å²) >= 11 is 0. The molecule has 0 aliphatic heterocycles. The van der Waals surface area contributed by atoms with E-state index in [2.05, 4.69) is 15.5 Å². The molecule has 0 bridgehead atoms. The monoisotopic (exact) mass is 480 g/mol. The van der Waals surface area contributed by atoms with Crippen molar-refractivity contribution < 1.29 is 35.8 Å². The SMILES string of the molecule is CC(=O)Nc1ccc(N=Nc2c(S(=O)(=O)O)cc3cc(N)ccc3c2O)c(S(=O)(=O)O)c1. The second-order valence-electron chi connectivity index (χ2n) is 6.57. The first-order valence-corrected chi connectivity index (χ1v) is 11.5. The number of amides is 1. The van der Waals surface area contributed by atoms with E-state index >= 15 is 0 Å². The summed E-state index contributed by atoms with van der Waals surface area (Å²) in [4.78, 5) is 9.64. The number of nitrogens with zero attached hydrogens (tertiary/aromatic N) is 2. The summed E-state index contributed by atoms with van der Waals surface area (Å²) in [5.74, 6) is -1.16. The summed E-state index contributed by atoms with van der Waals surface area (Å²) in [6.45, 7) is 1.19. The van der Waals surface area contributed by atoms with E-state index in [1.807, 2.05) is 0 Å². The molecule has 0 fully saturated rings. The predicted molar refractivity (Wildman–Crippen MR) is 115 cm³/mol. The summed E-state index contributed by atoms with van der Waals surface area (Å²) in [5, 5.41) is 20.5. The fourth-order valence-corrected chi connectivity index (χ4v) is 4.16. The Morgan fingerprint density at radius 1 is 0.938 bits per heavy atom. The van der Waals surface area contributed by atoms with Crippen LogP contribution in [0.4, 0.5) is 22.7 Å². The van der Waals surface area contributed by atoms with Gasteiger partial charge in [0.15, 0.2) is 5.75 Å². The normalized spacial score (nSPS) is 12.3. The lowest BCUT2D eigenvalue weighted by molar-refractivity contribution is -0.114. The standard InChI is InChI=1S/C18H16N4O8S2/c1-9(23)20-12-3-5-14(15(8-12)31(25,26)27)21-22-17-16(32(28,29)30)7-10-6-11(19)2-4-13(10)18(17)24/h2-8,24H,19H2,1H3,(H,20,23)(H,25,26,27)(H,28,29,30). The first-order valence-electron chi connectivity index (χ1n) is 8.61. The topological polar surface area (TPSA) is 209 Å². The van der Waals surface area contributed by atoms with E-state index in [0.717, 1.165) is 18.2 Å². The van der Waals surface area contributed by atoms with Gasteiger partial charge in [-0.2, -0.15) is 16.8 Å². The minimum Gasteiger partial charge on any atom is -0.505 e. The fraction of sp³-hybridized carbons (Fsp3) is 0.0556. The number of nitrogens with two attached hydrogens (primary N) is 1. The maximum atomic E-state index is 11.9. The number of anilines is 2. The van der Waals surface area contributed by atoms with Gasteiger partial charge in [-0.05, 0) is 47.9 Å². The molecule has 168 valence electrons. The van der Waals surface area contributed by atoms with Crippen LogP contribution in [0.1, 0.15) is 6.92 Å². The van der Waals surface area contributed by atoms with Gasteiger partial charge < -0.3 is 16.2 Å². The zero-order valence-corrected chi connectivity index (χ0v) is 17.8. The third kappa shape index (κ3) is 4.83. The van der Waals surface area contributed by atoms with Crippen molar-refractivity contribution in [3.05, 3.63) is 42.5 Å². The van der Waals surface area contributed by atoms with Crippen LogP contribution >= 0.6 is 0 Å². The number of rotatable bonds is 5. The number of carbonyl (C=O) groups is 1. The van der Waals surface area contributed by atoms with Gasteiger partial charge in [0.1, 0.15) is 21.2 Å². The van der Waals surface area contributed by atoms with E-state index in [9.17, 15) is 35.8 Å². The molecule has 0 saturated carbocycles. The molecular weight excluding hydrogens is 464 g/mol. The first kappa shape index (κ1) is 23.1. The molecule has 0 unspecified atom stereocenters. The largest absolute Gasteiger partial charge is 0.505 e. The van der Waals surface area contributed by atoms with Crippen molar-refractivity contribution in [3.63, 3.8) is 0 Å². The molecule has 32 heavy (non-hydrogen) atoms. The molecule has 3 aromatic carbocycles. The Balaban J connectivity index is 2.23. The number of phenolic OH excluding ortho intramolecular Hbond substituents is 1. The summed E-state index contributed by atoms with van der Waals surface area (Å²) in [5.41, 5.74) is 4.87. The average Bonchev–Trinajstić information content (AvgIpc) is 2.65. The van der Waals surface area contributed by atoms with E-state index in [-0.39, 0.29) is 22.1 Å². The number of nitrogen functional groups attached to an aromatic ring is 1. The van der Waals surface area contributed by atoms with Gasteiger partial charge in [0.25, 0.3) is 20.2 Å². The number of azo groups is 1. The number of aromatic hydroxyl groups is 1. The number of fused-ring (bicyclic) bond motifs is 1. The van der Waals surface area contributed by atoms with Crippen molar-refractivity contribution in [1.29, 1.82) is 0 Å². The average molecular weight is 480 g/mol. The van der Waals surface area contributed by atoms with Crippen LogP contribution in [0.25, 0.3) is 10.8 Å². The van der Waals surface area contributed by atoms with Crippen molar-refractivity contribution in [2.45, 2.75) is 16.7 Å². The lowest BCUT2D eigenvalue weighted by Crippen LogP contribution is -2.07. The highest BCUT2D eigenvalue weighted by molar-refractivity contribution is 7.86. The fourth-order valence-electron chi connectivity index (χ4n) is 2.85. The Kier molecular flexibility index (Phi) is 5.88. The highest BCUT2D eigenvalue weighted by atomic mass is 32.2. The molecule has 3 aromatic rings. The Bertz CT molecular complexity index is 1500. The van der Waals surface area contributed by atoms with Crippen molar-refractivity contribution in [2.24, 2.45) is 10.2 Å². The Hall–Kier alpha value is -3.59. The second-order valence-corrected chi connectivity index (χ2v) is 9.35. The zero-order chi connectivity index (χ0) is 23.8. The van der Waals surface area contributed by atoms with Crippen LogP contribution in [0.2, 0.25) is 0 Å². The molecule has 0 aliphatic carbocycles. The maximum absolute atomic E-state index is 11.9. The third-order valence-corrected chi connectivity index (χ3v) is 5.92. The molecule has 6 N–H and O–H groups in total. The molecule has 1 amide bonds. The molecule has 0 aliphatic rings. The lowest BCUT2D eigenvalue weighted by Gasteiger charge is -2.10. The molecule has 0 spiro atoms. The highest BCUT2D eigenvalue weighted by Gasteiger charge is 2.23. The number of hydrogen-bond acceptors (Lipinski definition) is 9. The van der Waals surface area contributed by atoms with Crippen molar-refractivity contribution >= 4 is 59.7 Å².